The maximum absolute atomic E-state index is 13.2. The number of halogens is 1. The van der Waals surface area contributed by atoms with Gasteiger partial charge in [0.25, 0.3) is 0 Å². The van der Waals surface area contributed by atoms with Gasteiger partial charge in [0.05, 0.1) is 5.69 Å². The zero-order valence-corrected chi connectivity index (χ0v) is 7.95. The molecule has 0 aliphatic rings. The zero-order valence-electron chi connectivity index (χ0n) is 7.95. The summed E-state index contributed by atoms with van der Waals surface area (Å²) in [6.07, 6.45) is 0. The Labute approximate surface area is 86.3 Å². The predicted octanol–water partition coefficient (Wildman–Crippen LogP) is 1.95. The molecule has 0 amide bonds. The Balaban J connectivity index is 2.98. The molecule has 1 rings (SSSR count). The number of nitrogens with zero attached hydrogens (tertiary/aromatic N) is 3. The van der Waals surface area contributed by atoms with E-state index in [1.807, 2.05) is 0 Å². The average molecular weight is 202 g/mol. The second-order valence-electron chi connectivity index (χ2n) is 2.73. The highest BCUT2D eigenvalue weighted by atomic mass is 19.1. The summed E-state index contributed by atoms with van der Waals surface area (Å²) in [5, 5.41) is 20.3. The molecule has 1 aromatic carbocycles. The highest BCUT2D eigenvalue weighted by molar-refractivity contribution is 6.10. The molecule has 0 radical (unpaired) electrons. The van der Waals surface area contributed by atoms with Gasteiger partial charge in [-0.1, -0.05) is 12.1 Å². The summed E-state index contributed by atoms with van der Waals surface area (Å²) >= 11 is 0. The molecule has 0 spiro atoms. The number of nitriles is 2. The minimum Gasteiger partial charge on any atom is -0.273 e. The molecule has 0 aliphatic heterocycles. The van der Waals surface area contributed by atoms with E-state index in [9.17, 15) is 4.39 Å². The molecule has 1 aromatic rings. The van der Waals surface area contributed by atoms with Crippen LogP contribution in [0.1, 0.15) is 5.56 Å². The van der Waals surface area contributed by atoms with E-state index in [1.54, 1.807) is 31.2 Å². The zero-order chi connectivity index (χ0) is 11.3. The molecule has 0 bridgehead atoms. The number of hydrogen-bond donors (Lipinski definition) is 1. The van der Waals surface area contributed by atoms with Gasteiger partial charge in [0.2, 0.25) is 5.71 Å². The minimum atomic E-state index is -0.478. The van der Waals surface area contributed by atoms with Gasteiger partial charge in [0, 0.05) is 0 Å². The monoisotopic (exact) mass is 202 g/mol. The number of benzene rings is 1. The number of hydrazone groups is 1. The Morgan fingerprint density at radius 1 is 1.40 bits per heavy atom. The highest BCUT2D eigenvalue weighted by Crippen LogP contribution is 2.18. The minimum absolute atomic E-state index is 0.167. The van der Waals surface area contributed by atoms with Crippen LogP contribution in [0.25, 0.3) is 0 Å². The summed E-state index contributed by atoms with van der Waals surface area (Å²) < 4.78 is 13.2. The van der Waals surface area contributed by atoms with Crippen molar-refractivity contribution in [2.45, 2.75) is 6.92 Å². The molecule has 0 saturated carbocycles. The average Bonchev–Trinajstić information content (AvgIpc) is 2.23. The summed E-state index contributed by atoms with van der Waals surface area (Å²) in [4.78, 5) is 0. The normalized spacial score (nSPS) is 8.53. The third kappa shape index (κ3) is 2.52. The second-order valence-corrected chi connectivity index (χ2v) is 2.73. The first-order chi connectivity index (χ1) is 7.19. The second kappa shape index (κ2) is 4.73. The van der Waals surface area contributed by atoms with Crippen LogP contribution in [0.2, 0.25) is 0 Å². The van der Waals surface area contributed by atoms with Gasteiger partial charge in [0.1, 0.15) is 18.0 Å². The Hall–Kier alpha value is -2.40. The topological polar surface area (TPSA) is 72.0 Å². The molecule has 74 valence electrons. The van der Waals surface area contributed by atoms with E-state index in [-0.39, 0.29) is 11.4 Å². The van der Waals surface area contributed by atoms with Crippen molar-refractivity contribution in [3.05, 3.63) is 29.6 Å². The summed E-state index contributed by atoms with van der Waals surface area (Å²) in [7, 11) is 0. The summed E-state index contributed by atoms with van der Waals surface area (Å²) in [6, 6.07) is 7.66. The fourth-order valence-electron chi connectivity index (χ4n) is 0.960. The van der Waals surface area contributed by atoms with Crippen LogP contribution in [0.4, 0.5) is 10.1 Å². The molecule has 0 aliphatic carbocycles. The fourth-order valence-corrected chi connectivity index (χ4v) is 0.960. The molecular formula is C10H7FN4. The first-order valence-electron chi connectivity index (χ1n) is 4.08. The molecular weight excluding hydrogens is 195 g/mol. The lowest BCUT2D eigenvalue weighted by atomic mass is 10.2. The van der Waals surface area contributed by atoms with Crippen molar-refractivity contribution in [3.8, 4) is 12.1 Å². The van der Waals surface area contributed by atoms with E-state index < -0.39 is 5.82 Å². The maximum Gasteiger partial charge on any atom is 0.237 e. The third-order valence-corrected chi connectivity index (χ3v) is 1.71. The summed E-state index contributed by atoms with van der Waals surface area (Å²) in [5.74, 6) is -0.478. The van der Waals surface area contributed by atoms with E-state index >= 15 is 0 Å². The van der Waals surface area contributed by atoms with Gasteiger partial charge in [0.15, 0.2) is 0 Å². The number of anilines is 1. The van der Waals surface area contributed by atoms with Crippen LogP contribution < -0.4 is 5.43 Å². The Bertz CT molecular complexity index is 443. The van der Waals surface area contributed by atoms with Gasteiger partial charge in [-0.3, -0.25) is 5.43 Å². The molecule has 0 saturated heterocycles. The van der Waals surface area contributed by atoms with Crippen molar-refractivity contribution in [3.63, 3.8) is 0 Å². The van der Waals surface area contributed by atoms with Crippen molar-refractivity contribution < 1.29 is 4.39 Å². The number of hydrogen-bond acceptors (Lipinski definition) is 4. The quantitative estimate of drug-likeness (QED) is 0.588. The molecule has 0 fully saturated rings. The lowest BCUT2D eigenvalue weighted by Gasteiger charge is -2.04. The summed E-state index contributed by atoms with van der Waals surface area (Å²) in [5.41, 5.74) is 2.82. The number of para-hydroxylation sites is 1. The molecule has 0 atom stereocenters. The van der Waals surface area contributed by atoms with Gasteiger partial charge < -0.3 is 0 Å². The van der Waals surface area contributed by atoms with Gasteiger partial charge in [-0.25, -0.2) is 4.39 Å². The van der Waals surface area contributed by atoms with Crippen molar-refractivity contribution in [1.82, 2.24) is 0 Å². The van der Waals surface area contributed by atoms with Gasteiger partial charge >= 0.3 is 0 Å². The molecule has 0 heterocycles. The van der Waals surface area contributed by atoms with Crippen LogP contribution in [0.3, 0.4) is 0 Å². The Morgan fingerprint density at radius 3 is 2.60 bits per heavy atom. The van der Waals surface area contributed by atoms with E-state index in [0.717, 1.165) is 0 Å². The number of nitrogens with one attached hydrogen (secondary N) is 1. The Morgan fingerprint density at radius 2 is 2.07 bits per heavy atom. The van der Waals surface area contributed by atoms with Crippen molar-refractivity contribution >= 4 is 11.4 Å². The number of aryl methyl sites for hydroxylation is 1. The van der Waals surface area contributed by atoms with Crippen LogP contribution in [-0.4, -0.2) is 5.71 Å². The predicted molar refractivity (Wildman–Crippen MR) is 53.4 cm³/mol. The highest BCUT2D eigenvalue weighted by Gasteiger charge is 2.03. The lowest BCUT2D eigenvalue weighted by Crippen LogP contribution is -1.99. The van der Waals surface area contributed by atoms with E-state index in [2.05, 4.69) is 10.5 Å². The van der Waals surface area contributed by atoms with Crippen LogP contribution in [0.5, 0.6) is 0 Å². The van der Waals surface area contributed by atoms with E-state index in [0.29, 0.717) is 5.56 Å². The standard InChI is InChI=1S/C10H7FN4/c1-7-3-2-4-9(11)10(7)15-14-8(5-12)6-13/h2-4,15H,1H3. The molecule has 0 aromatic heterocycles. The van der Waals surface area contributed by atoms with Crippen molar-refractivity contribution in [2.24, 2.45) is 5.10 Å². The Kier molecular flexibility index (Phi) is 3.37. The van der Waals surface area contributed by atoms with Gasteiger partial charge in [-0.15, -0.1) is 0 Å². The van der Waals surface area contributed by atoms with Crippen LogP contribution >= 0.6 is 0 Å². The summed E-state index contributed by atoms with van der Waals surface area (Å²) in [6.45, 7) is 1.69. The van der Waals surface area contributed by atoms with Crippen LogP contribution in [0.15, 0.2) is 23.3 Å². The smallest absolute Gasteiger partial charge is 0.237 e. The van der Waals surface area contributed by atoms with Gasteiger partial charge in [-0.05, 0) is 18.6 Å². The van der Waals surface area contributed by atoms with E-state index in [4.69, 9.17) is 10.5 Å². The van der Waals surface area contributed by atoms with Crippen molar-refractivity contribution in [1.29, 1.82) is 10.5 Å². The van der Waals surface area contributed by atoms with Gasteiger partial charge in [-0.2, -0.15) is 15.6 Å². The molecule has 5 heteroatoms. The SMILES string of the molecule is Cc1cccc(F)c1NN=C(C#N)C#N. The molecule has 0 unspecified atom stereocenters. The first kappa shape index (κ1) is 10.7. The third-order valence-electron chi connectivity index (χ3n) is 1.71. The fraction of sp³-hybridized carbons (Fsp3) is 0.100. The molecule has 1 N–H and O–H groups in total. The van der Waals surface area contributed by atoms with Crippen LogP contribution in [0, 0.1) is 35.4 Å². The molecule has 15 heavy (non-hydrogen) atoms. The number of rotatable bonds is 2. The maximum atomic E-state index is 13.2. The van der Waals surface area contributed by atoms with Crippen molar-refractivity contribution in [2.75, 3.05) is 5.43 Å². The molecule has 4 nitrogen and oxygen atoms in total. The largest absolute Gasteiger partial charge is 0.273 e. The first-order valence-corrected chi connectivity index (χ1v) is 4.08. The lowest BCUT2D eigenvalue weighted by molar-refractivity contribution is 0.629. The van der Waals surface area contributed by atoms with Crippen LogP contribution in [-0.2, 0) is 0 Å². The van der Waals surface area contributed by atoms with E-state index in [1.165, 1.54) is 6.07 Å².